The van der Waals surface area contributed by atoms with E-state index in [4.69, 9.17) is 0 Å². The van der Waals surface area contributed by atoms with Gasteiger partial charge in [0, 0.05) is 24.3 Å². The van der Waals surface area contributed by atoms with E-state index < -0.39 is 0 Å². The Labute approximate surface area is 109 Å². The largest absolute Gasteiger partial charge is 0.371 e. The molecule has 1 aromatic carbocycles. The maximum absolute atomic E-state index is 11.4. The van der Waals surface area contributed by atoms with Crippen molar-refractivity contribution in [2.45, 2.75) is 32.6 Å². The van der Waals surface area contributed by atoms with Crippen LogP contribution in [0.2, 0.25) is 0 Å². The van der Waals surface area contributed by atoms with E-state index in [1.165, 1.54) is 17.7 Å². The van der Waals surface area contributed by atoms with Crippen molar-refractivity contribution in [3.05, 3.63) is 42.0 Å². The van der Waals surface area contributed by atoms with Crippen LogP contribution in [0.15, 0.2) is 30.9 Å². The predicted molar refractivity (Wildman–Crippen MR) is 76.4 cm³/mol. The average Bonchev–Trinajstić information content (AvgIpc) is 2.38. The van der Waals surface area contributed by atoms with E-state index in [0.717, 1.165) is 37.9 Å². The van der Waals surface area contributed by atoms with Crippen LogP contribution in [0.25, 0.3) is 0 Å². The van der Waals surface area contributed by atoms with Crippen molar-refractivity contribution >= 4 is 11.5 Å². The Morgan fingerprint density at radius 1 is 1.50 bits per heavy atom. The number of carbonyl (C=O) groups excluding carboxylic acids is 1. The molecule has 2 rings (SSSR count). The van der Waals surface area contributed by atoms with Crippen molar-refractivity contribution in [2.24, 2.45) is 0 Å². The van der Waals surface area contributed by atoms with Crippen LogP contribution >= 0.6 is 0 Å². The van der Waals surface area contributed by atoms with E-state index in [-0.39, 0.29) is 5.78 Å². The second-order valence-corrected chi connectivity index (χ2v) is 4.92. The first kappa shape index (κ1) is 12.9. The highest BCUT2D eigenvalue weighted by molar-refractivity contribution is 5.94. The SMILES string of the molecule is C=CCCCN1CCCc2cc(C(C)=O)ccc21. The Kier molecular flexibility index (Phi) is 4.19. The quantitative estimate of drug-likeness (QED) is 0.447. The summed E-state index contributed by atoms with van der Waals surface area (Å²) in [6.45, 7) is 7.60. The molecule has 0 aliphatic carbocycles. The summed E-state index contributed by atoms with van der Waals surface area (Å²) >= 11 is 0. The van der Waals surface area contributed by atoms with Gasteiger partial charge < -0.3 is 4.90 Å². The maximum atomic E-state index is 11.4. The molecule has 0 aromatic heterocycles. The summed E-state index contributed by atoms with van der Waals surface area (Å²) in [5.41, 5.74) is 3.48. The Bertz CT molecular complexity index is 450. The van der Waals surface area contributed by atoms with Crippen LogP contribution in [-0.4, -0.2) is 18.9 Å². The number of allylic oxidation sites excluding steroid dienone is 1. The smallest absolute Gasteiger partial charge is 0.159 e. The molecular formula is C16H21NO. The number of Topliss-reactive ketones (excluding diaryl/α,β-unsaturated/α-hetero) is 1. The van der Waals surface area contributed by atoms with E-state index >= 15 is 0 Å². The number of unbranched alkanes of at least 4 members (excludes halogenated alkanes) is 1. The Morgan fingerprint density at radius 2 is 2.33 bits per heavy atom. The van der Waals surface area contributed by atoms with Crippen LogP contribution in [0.4, 0.5) is 5.69 Å². The fraction of sp³-hybridized carbons (Fsp3) is 0.438. The van der Waals surface area contributed by atoms with Crippen LogP contribution in [-0.2, 0) is 6.42 Å². The molecule has 1 aromatic rings. The third-order valence-corrected chi connectivity index (χ3v) is 3.54. The molecule has 0 spiro atoms. The van der Waals surface area contributed by atoms with Gasteiger partial charge in [0.15, 0.2) is 5.78 Å². The minimum absolute atomic E-state index is 0.154. The highest BCUT2D eigenvalue weighted by atomic mass is 16.1. The second-order valence-electron chi connectivity index (χ2n) is 4.92. The summed E-state index contributed by atoms with van der Waals surface area (Å²) in [7, 11) is 0. The molecule has 0 saturated heterocycles. The number of carbonyl (C=O) groups is 1. The molecule has 2 heteroatoms. The van der Waals surface area contributed by atoms with Gasteiger partial charge in [-0.25, -0.2) is 0 Å². The molecule has 1 aliphatic rings. The fourth-order valence-electron chi connectivity index (χ4n) is 2.55. The van der Waals surface area contributed by atoms with Crippen molar-refractivity contribution in [3.8, 4) is 0 Å². The molecule has 2 nitrogen and oxygen atoms in total. The van der Waals surface area contributed by atoms with Crippen LogP contribution in [0.1, 0.15) is 42.1 Å². The molecule has 0 amide bonds. The summed E-state index contributed by atoms with van der Waals surface area (Å²) in [4.78, 5) is 13.8. The van der Waals surface area contributed by atoms with Gasteiger partial charge in [0.25, 0.3) is 0 Å². The van der Waals surface area contributed by atoms with Gasteiger partial charge in [0.2, 0.25) is 0 Å². The highest BCUT2D eigenvalue weighted by Crippen LogP contribution is 2.28. The monoisotopic (exact) mass is 243 g/mol. The minimum atomic E-state index is 0.154. The molecule has 0 bridgehead atoms. The zero-order valence-corrected chi connectivity index (χ0v) is 11.1. The summed E-state index contributed by atoms with van der Waals surface area (Å²) < 4.78 is 0. The summed E-state index contributed by atoms with van der Waals surface area (Å²) in [6.07, 6.45) is 6.47. The molecule has 0 fully saturated rings. The van der Waals surface area contributed by atoms with Crippen LogP contribution in [0.5, 0.6) is 0 Å². The molecule has 1 aliphatic heterocycles. The number of ketones is 1. The second kappa shape index (κ2) is 5.85. The number of fused-ring (bicyclic) bond motifs is 1. The Hall–Kier alpha value is -1.57. The molecule has 0 radical (unpaired) electrons. The van der Waals surface area contributed by atoms with Gasteiger partial charge in [0.1, 0.15) is 0 Å². The zero-order valence-electron chi connectivity index (χ0n) is 11.1. The molecule has 96 valence electrons. The number of aryl methyl sites for hydroxylation is 1. The number of benzene rings is 1. The lowest BCUT2D eigenvalue weighted by atomic mass is 9.98. The van der Waals surface area contributed by atoms with Crippen LogP contribution in [0, 0.1) is 0 Å². The lowest BCUT2D eigenvalue weighted by Crippen LogP contribution is -2.30. The third kappa shape index (κ3) is 2.81. The number of nitrogens with zero attached hydrogens (tertiary/aromatic N) is 1. The van der Waals surface area contributed by atoms with Gasteiger partial charge in [-0.05, 0) is 56.4 Å². The van der Waals surface area contributed by atoms with Crippen molar-refractivity contribution in [1.29, 1.82) is 0 Å². The van der Waals surface area contributed by atoms with E-state index in [2.05, 4.69) is 23.6 Å². The molecule has 0 saturated carbocycles. The van der Waals surface area contributed by atoms with E-state index in [0.29, 0.717) is 0 Å². The normalized spacial score (nSPS) is 14.2. The first-order chi connectivity index (χ1) is 8.72. The summed E-state index contributed by atoms with van der Waals surface area (Å²) in [6, 6.07) is 6.13. The molecule has 0 N–H and O–H groups in total. The van der Waals surface area contributed by atoms with E-state index in [1.807, 2.05) is 12.1 Å². The standard InChI is InChI=1S/C16H21NO/c1-3-4-5-10-17-11-6-7-15-12-14(13(2)18)8-9-16(15)17/h3,8-9,12H,1,4-7,10-11H2,2H3. The summed E-state index contributed by atoms with van der Waals surface area (Å²) in [5.74, 6) is 0.154. The van der Waals surface area contributed by atoms with Crippen LogP contribution < -0.4 is 4.90 Å². The zero-order chi connectivity index (χ0) is 13.0. The Balaban J connectivity index is 2.16. The first-order valence-electron chi connectivity index (χ1n) is 6.72. The van der Waals surface area contributed by atoms with Crippen molar-refractivity contribution in [2.75, 3.05) is 18.0 Å². The van der Waals surface area contributed by atoms with Crippen molar-refractivity contribution < 1.29 is 4.79 Å². The van der Waals surface area contributed by atoms with Crippen LogP contribution in [0.3, 0.4) is 0 Å². The highest BCUT2D eigenvalue weighted by Gasteiger charge is 2.17. The first-order valence-corrected chi connectivity index (χ1v) is 6.72. The minimum Gasteiger partial charge on any atom is -0.371 e. The molecule has 0 unspecified atom stereocenters. The average molecular weight is 243 g/mol. The predicted octanol–water partition coefficient (Wildman–Crippen LogP) is 3.61. The molecule has 0 atom stereocenters. The third-order valence-electron chi connectivity index (χ3n) is 3.54. The van der Waals surface area contributed by atoms with Gasteiger partial charge in [-0.3, -0.25) is 4.79 Å². The van der Waals surface area contributed by atoms with Gasteiger partial charge >= 0.3 is 0 Å². The van der Waals surface area contributed by atoms with Gasteiger partial charge in [-0.2, -0.15) is 0 Å². The lowest BCUT2D eigenvalue weighted by Gasteiger charge is -2.31. The van der Waals surface area contributed by atoms with Gasteiger partial charge in [0.05, 0.1) is 0 Å². The Morgan fingerprint density at radius 3 is 3.06 bits per heavy atom. The number of anilines is 1. The van der Waals surface area contributed by atoms with Gasteiger partial charge in [-0.1, -0.05) is 6.08 Å². The van der Waals surface area contributed by atoms with E-state index in [9.17, 15) is 4.79 Å². The molecule has 18 heavy (non-hydrogen) atoms. The fourth-order valence-corrected chi connectivity index (χ4v) is 2.55. The molecular weight excluding hydrogens is 222 g/mol. The molecule has 1 heterocycles. The van der Waals surface area contributed by atoms with Gasteiger partial charge in [-0.15, -0.1) is 6.58 Å². The number of hydrogen-bond acceptors (Lipinski definition) is 2. The van der Waals surface area contributed by atoms with Crippen molar-refractivity contribution in [3.63, 3.8) is 0 Å². The number of rotatable bonds is 5. The summed E-state index contributed by atoms with van der Waals surface area (Å²) in [5, 5.41) is 0. The topological polar surface area (TPSA) is 20.3 Å². The maximum Gasteiger partial charge on any atom is 0.159 e. The number of hydrogen-bond donors (Lipinski definition) is 0. The van der Waals surface area contributed by atoms with E-state index in [1.54, 1.807) is 6.92 Å². The lowest BCUT2D eigenvalue weighted by molar-refractivity contribution is 0.101. The van der Waals surface area contributed by atoms with Crippen molar-refractivity contribution in [1.82, 2.24) is 0 Å².